The lowest BCUT2D eigenvalue weighted by Gasteiger charge is -2.17. The summed E-state index contributed by atoms with van der Waals surface area (Å²) in [6, 6.07) is 4.08. The van der Waals surface area contributed by atoms with Gasteiger partial charge in [0.2, 0.25) is 0 Å². The monoisotopic (exact) mass is 223 g/mol. The van der Waals surface area contributed by atoms with Crippen molar-refractivity contribution < 1.29 is 0 Å². The summed E-state index contributed by atoms with van der Waals surface area (Å²) < 4.78 is 0. The summed E-state index contributed by atoms with van der Waals surface area (Å²) >= 11 is 6.43. The molecule has 1 aliphatic rings. The SMILES string of the molecule is Cc1cccnc1CC(Cl)C(C)C1CC1. The highest BCUT2D eigenvalue weighted by molar-refractivity contribution is 6.20. The maximum atomic E-state index is 6.43. The molecule has 2 rings (SSSR count). The minimum Gasteiger partial charge on any atom is -0.261 e. The molecule has 0 N–H and O–H groups in total. The number of nitrogens with zero attached hydrogens (tertiary/aromatic N) is 1. The van der Waals surface area contributed by atoms with E-state index in [9.17, 15) is 0 Å². The van der Waals surface area contributed by atoms with E-state index in [1.807, 2.05) is 12.3 Å². The maximum Gasteiger partial charge on any atom is 0.0447 e. The van der Waals surface area contributed by atoms with Crippen molar-refractivity contribution in [1.29, 1.82) is 0 Å². The third kappa shape index (κ3) is 2.72. The van der Waals surface area contributed by atoms with Crippen molar-refractivity contribution >= 4 is 11.6 Å². The van der Waals surface area contributed by atoms with Gasteiger partial charge in [-0.1, -0.05) is 13.0 Å². The van der Waals surface area contributed by atoms with Crippen molar-refractivity contribution in [3.8, 4) is 0 Å². The van der Waals surface area contributed by atoms with Crippen molar-refractivity contribution in [2.75, 3.05) is 0 Å². The van der Waals surface area contributed by atoms with Crippen LogP contribution in [0.15, 0.2) is 18.3 Å². The summed E-state index contributed by atoms with van der Waals surface area (Å²) in [7, 11) is 0. The Morgan fingerprint density at radius 2 is 2.27 bits per heavy atom. The predicted molar refractivity (Wildman–Crippen MR) is 64.2 cm³/mol. The molecule has 0 aliphatic heterocycles. The van der Waals surface area contributed by atoms with Gasteiger partial charge < -0.3 is 0 Å². The molecule has 0 saturated heterocycles. The van der Waals surface area contributed by atoms with Gasteiger partial charge in [0.25, 0.3) is 0 Å². The zero-order valence-corrected chi connectivity index (χ0v) is 10.2. The highest BCUT2D eigenvalue weighted by Gasteiger charge is 2.32. The van der Waals surface area contributed by atoms with E-state index in [0.717, 1.165) is 18.0 Å². The van der Waals surface area contributed by atoms with Crippen LogP contribution in [0, 0.1) is 18.8 Å². The number of hydrogen-bond acceptors (Lipinski definition) is 1. The molecule has 1 fully saturated rings. The lowest BCUT2D eigenvalue weighted by molar-refractivity contribution is 0.475. The van der Waals surface area contributed by atoms with E-state index in [4.69, 9.17) is 11.6 Å². The average molecular weight is 224 g/mol. The van der Waals surface area contributed by atoms with Gasteiger partial charge in [0.15, 0.2) is 0 Å². The quantitative estimate of drug-likeness (QED) is 0.711. The molecule has 0 spiro atoms. The Morgan fingerprint density at radius 1 is 1.53 bits per heavy atom. The van der Waals surface area contributed by atoms with Crippen molar-refractivity contribution in [3.05, 3.63) is 29.6 Å². The van der Waals surface area contributed by atoms with Crippen LogP contribution in [0.2, 0.25) is 0 Å². The first-order chi connectivity index (χ1) is 7.18. The lowest BCUT2D eigenvalue weighted by atomic mass is 9.97. The molecule has 1 aromatic rings. The summed E-state index contributed by atoms with van der Waals surface area (Å²) in [6.07, 6.45) is 5.50. The van der Waals surface area contributed by atoms with Gasteiger partial charge in [-0.25, -0.2) is 0 Å². The van der Waals surface area contributed by atoms with Gasteiger partial charge in [0.05, 0.1) is 0 Å². The minimum atomic E-state index is 0.242. The van der Waals surface area contributed by atoms with Crippen LogP contribution in [-0.4, -0.2) is 10.4 Å². The first-order valence-electron chi connectivity index (χ1n) is 5.73. The fraction of sp³-hybridized carbons (Fsp3) is 0.615. The molecule has 15 heavy (non-hydrogen) atoms. The van der Waals surface area contributed by atoms with Gasteiger partial charge in [-0.15, -0.1) is 11.6 Å². The van der Waals surface area contributed by atoms with Gasteiger partial charge in [-0.05, 0) is 43.2 Å². The summed E-state index contributed by atoms with van der Waals surface area (Å²) in [6.45, 7) is 4.38. The molecule has 0 amide bonds. The van der Waals surface area contributed by atoms with E-state index < -0.39 is 0 Å². The van der Waals surface area contributed by atoms with Gasteiger partial charge >= 0.3 is 0 Å². The van der Waals surface area contributed by atoms with E-state index in [1.54, 1.807) is 0 Å². The molecule has 1 nitrogen and oxygen atoms in total. The zero-order chi connectivity index (χ0) is 10.8. The molecular weight excluding hydrogens is 206 g/mol. The second-order valence-corrected chi connectivity index (χ2v) is 5.24. The molecule has 0 radical (unpaired) electrons. The van der Waals surface area contributed by atoms with Crippen LogP contribution >= 0.6 is 11.6 Å². The Kier molecular flexibility index (Phi) is 3.30. The molecule has 1 heterocycles. The summed E-state index contributed by atoms with van der Waals surface area (Å²) in [4.78, 5) is 4.40. The van der Waals surface area contributed by atoms with Crippen molar-refractivity contribution in [2.45, 2.75) is 38.5 Å². The standard InChI is InChI=1S/C13H18ClN/c1-9-4-3-7-15-13(9)8-12(14)10(2)11-5-6-11/h3-4,7,10-12H,5-6,8H2,1-2H3. The second kappa shape index (κ2) is 4.52. The first-order valence-corrected chi connectivity index (χ1v) is 6.16. The topological polar surface area (TPSA) is 12.9 Å². The zero-order valence-electron chi connectivity index (χ0n) is 9.41. The van der Waals surface area contributed by atoms with Crippen LogP contribution in [-0.2, 0) is 6.42 Å². The van der Waals surface area contributed by atoms with Gasteiger partial charge in [-0.3, -0.25) is 4.98 Å². The third-order valence-corrected chi connectivity index (χ3v) is 3.99. The van der Waals surface area contributed by atoms with Gasteiger partial charge in [0.1, 0.15) is 0 Å². The van der Waals surface area contributed by atoms with Gasteiger partial charge in [-0.2, -0.15) is 0 Å². The van der Waals surface area contributed by atoms with Crippen LogP contribution in [0.4, 0.5) is 0 Å². The maximum absolute atomic E-state index is 6.43. The summed E-state index contributed by atoms with van der Waals surface area (Å²) in [5.41, 5.74) is 2.41. The van der Waals surface area contributed by atoms with Crippen molar-refractivity contribution in [1.82, 2.24) is 4.98 Å². The van der Waals surface area contributed by atoms with Crippen molar-refractivity contribution in [3.63, 3.8) is 0 Å². The second-order valence-electron chi connectivity index (χ2n) is 4.68. The van der Waals surface area contributed by atoms with Crippen LogP contribution in [0.3, 0.4) is 0 Å². The van der Waals surface area contributed by atoms with Crippen LogP contribution in [0.1, 0.15) is 31.0 Å². The van der Waals surface area contributed by atoms with Crippen LogP contribution in [0.25, 0.3) is 0 Å². The number of alkyl halides is 1. The largest absolute Gasteiger partial charge is 0.261 e. The van der Waals surface area contributed by atoms with Gasteiger partial charge in [0, 0.05) is 23.7 Å². The average Bonchev–Trinajstić information content (AvgIpc) is 3.04. The van der Waals surface area contributed by atoms with E-state index >= 15 is 0 Å². The number of halogens is 1. The molecular formula is C13H18ClN. The molecule has 0 aromatic carbocycles. The number of aromatic nitrogens is 1. The Balaban J connectivity index is 1.98. The van der Waals surface area contributed by atoms with E-state index in [2.05, 4.69) is 24.9 Å². The molecule has 2 heteroatoms. The van der Waals surface area contributed by atoms with Crippen LogP contribution in [0.5, 0.6) is 0 Å². The molecule has 0 bridgehead atoms. The van der Waals surface area contributed by atoms with Crippen LogP contribution < -0.4 is 0 Å². The number of aryl methyl sites for hydroxylation is 1. The predicted octanol–water partition coefficient (Wildman–Crippen LogP) is 3.59. The summed E-state index contributed by atoms with van der Waals surface area (Å²) in [5.74, 6) is 1.50. The molecule has 2 unspecified atom stereocenters. The Bertz CT molecular complexity index is 333. The molecule has 1 aliphatic carbocycles. The fourth-order valence-corrected chi connectivity index (χ4v) is 2.37. The smallest absolute Gasteiger partial charge is 0.0447 e. The highest BCUT2D eigenvalue weighted by atomic mass is 35.5. The normalized spacial score (nSPS) is 19.9. The minimum absolute atomic E-state index is 0.242. The molecule has 82 valence electrons. The molecule has 1 saturated carbocycles. The highest BCUT2D eigenvalue weighted by Crippen LogP contribution is 2.40. The number of rotatable bonds is 4. The Labute approximate surface area is 96.9 Å². The summed E-state index contributed by atoms with van der Waals surface area (Å²) in [5, 5.41) is 0.242. The van der Waals surface area contributed by atoms with E-state index in [1.165, 1.54) is 18.4 Å². The van der Waals surface area contributed by atoms with Crippen molar-refractivity contribution in [2.24, 2.45) is 11.8 Å². The first kappa shape index (κ1) is 10.9. The fourth-order valence-electron chi connectivity index (χ4n) is 2.02. The van der Waals surface area contributed by atoms with E-state index in [-0.39, 0.29) is 5.38 Å². The Morgan fingerprint density at radius 3 is 2.87 bits per heavy atom. The Hall–Kier alpha value is -0.560. The number of pyridine rings is 1. The van der Waals surface area contributed by atoms with E-state index in [0.29, 0.717) is 5.92 Å². The molecule has 1 aromatic heterocycles. The third-order valence-electron chi connectivity index (χ3n) is 3.44. The number of hydrogen-bond donors (Lipinski definition) is 0. The molecule has 2 atom stereocenters. The lowest BCUT2D eigenvalue weighted by Crippen LogP contribution is -2.17.